The van der Waals surface area contributed by atoms with E-state index in [9.17, 15) is 27.2 Å². The van der Waals surface area contributed by atoms with E-state index < -0.39 is 59.9 Å². The van der Waals surface area contributed by atoms with Crippen LogP contribution in [0.5, 0.6) is 5.75 Å². The lowest BCUT2D eigenvalue weighted by molar-refractivity contribution is -0.113. The van der Waals surface area contributed by atoms with Gasteiger partial charge in [0.15, 0.2) is 11.6 Å². The van der Waals surface area contributed by atoms with Crippen molar-refractivity contribution in [3.05, 3.63) is 52.0 Å². The van der Waals surface area contributed by atoms with Crippen molar-refractivity contribution >= 4 is 23.6 Å². The third-order valence-corrected chi connectivity index (χ3v) is 5.76. The quantitative estimate of drug-likeness (QED) is 0.569. The van der Waals surface area contributed by atoms with Gasteiger partial charge in [0.1, 0.15) is 17.5 Å². The number of benzene rings is 2. The summed E-state index contributed by atoms with van der Waals surface area (Å²) >= 11 is 6.32. The second-order valence-electron chi connectivity index (χ2n) is 9.58. The molecule has 188 valence electrons. The smallest absolute Gasteiger partial charge is 0.407 e. The van der Waals surface area contributed by atoms with Crippen molar-refractivity contribution in [2.75, 3.05) is 19.6 Å². The lowest BCUT2D eigenvalue weighted by atomic mass is 9.98. The van der Waals surface area contributed by atoms with Gasteiger partial charge in [0.05, 0.1) is 30.2 Å². The van der Waals surface area contributed by atoms with Crippen LogP contribution in [0.15, 0.2) is 24.3 Å². The number of hydrogen-bond donors (Lipinski definition) is 1. The van der Waals surface area contributed by atoms with Crippen LogP contribution in [0.1, 0.15) is 36.7 Å². The highest BCUT2D eigenvalue weighted by Gasteiger charge is 2.47. The molecule has 0 aliphatic carbocycles. The van der Waals surface area contributed by atoms with Gasteiger partial charge in [0.25, 0.3) is 11.8 Å². The van der Waals surface area contributed by atoms with E-state index in [4.69, 9.17) is 21.1 Å². The number of rotatable bonds is 4. The number of carbonyl (C=O) groups excluding carboxylic acids is 2. The molecule has 1 saturated heterocycles. The maximum absolute atomic E-state index is 14.9. The van der Waals surface area contributed by atoms with Crippen LogP contribution in [0.2, 0.25) is 5.02 Å². The molecule has 1 unspecified atom stereocenters. The molecule has 6 nitrogen and oxygen atoms in total. The average Bonchev–Trinajstić information content (AvgIpc) is 3.14. The Balaban J connectivity index is 1.50. The predicted octanol–water partition coefficient (Wildman–Crippen LogP) is 5.20. The summed E-state index contributed by atoms with van der Waals surface area (Å²) in [6.07, 6.45) is -0.692. The number of fused-ring (bicyclic) bond motifs is 1. The Morgan fingerprint density at radius 2 is 1.89 bits per heavy atom. The monoisotopic (exact) mass is 514 g/mol. The molecular weight excluding hydrogens is 492 g/mol. The van der Waals surface area contributed by atoms with E-state index in [1.807, 2.05) is 0 Å². The Kier molecular flexibility index (Phi) is 6.37. The fraction of sp³-hybridized carbons (Fsp3) is 0.417. The summed E-state index contributed by atoms with van der Waals surface area (Å²) in [5, 5.41) is 2.78. The van der Waals surface area contributed by atoms with Gasteiger partial charge in [0, 0.05) is 17.5 Å². The number of alkyl carbamates (subject to hydrolysis) is 1. The summed E-state index contributed by atoms with van der Waals surface area (Å²) in [5.41, 5.74) is -0.532. The molecule has 2 heterocycles. The molecule has 2 aliphatic heterocycles. The van der Waals surface area contributed by atoms with Crippen molar-refractivity contribution in [2.24, 2.45) is 0 Å². The topological polar surface area (TPSA) is 67.9 Å². The highest BCUT2D eigenvalue weighted by atomic mass is 35.5. The lowest BCUT2D eigenvalue weighted by Gasteiger charge is -2.38. The molecule has 0 saturated carbocycles. The van der Waals surface area contributed by atoms with Gasteiger partial charge in [-0.15, -0.1) is 0 Å². The second kappa shape index (κ2) is 8.89. The standard InChI is InChI=1S/C24H23ClF4N2O4/c1-23(2,3)35-22(33)30-9-14-7-13-6-12(8-17(25)20(13)34-14)15-4-5-16(19(27)18(15)26)21(32)31-10-24(28,29)11-31/h4-6,8,14H,7,9-11H2,1-3H3,(H,30,33). The molecule has 0 bridgehead atoms. The van der Waals surface area contributed by atoms with Gasteiger partial charge >= 0.3 is 6.09 Å². The Labute approximate surface area is 204 Å². The number of ether oxygens (including phenoxy) is 2. The molecule has 2 aliphatic rings. The van der Waals surface area contributed by atoms with Gasteiger partial charge in [-0.3, -0.25) is 4.79 Å². The molecule has 1 N–H and O–H groups in total. The molecular formula is C24H23ClF4N2O4. The largest absolute Gasteiger partial charge is 0.486 e. The van der Waals surface area contributed by atoms with Crippen molar-refractivity contribution in [1.29, 1.82) is 0 Å². The zero-order valence-electron chi connectivity index (χ0n) is 19.2. The minimum atomic E-state index is -3.02. The number of nitrogens with zero attached hydrogens (tertiary/aromatic N) is 1. The SMILES string of the molecule is CC(C)(C)OC(=O)NCC1Cc2cc(-c3ccc(C(=O)N4CC(F)(F)C4)c(F)c3F)cc(Cl)c2O1. The molecule has 1 atom stereocenters. The molecule has 2 aromatic rings. The number of likely N-dealkylation sites (tertiary alicyclic amines) is 1. The summed E-state index contributed by atoms with van der Waals surface area (Å²) in [5.74, 6) is -6.36. The minimum Gasteiger partial charge on any atom is -0.486 e. The summed E-state index contributed by atoms with van der Waals surface area (Å²) in [4.78, 5) is 24.9. The molecule has 0 spiro atoms. The predicted molar refractivity (Wildman–Crippen MR) is 120 cm³/mol. The molecule has 1 fully saturated rings. The van der Waals surface area contributed by atoms with E-state index >= 15 is 0 Å². The van der Waals surface area contributed by atoms with Gasteiger partial charge < -0.3 is 19.7 Å². The number of hydrogen-bond acceptors (Lipinski definition) is 4. The molecule has 0 aromatic heterocycles. The molecule has 0 radical (unpaired) electrons. The van der Waals surface area contributed by atoms with E-state index in [-0.39, 0.29) is 22.7 Å². The van der Waals surface area contributed by atoms with E-state index in [1.54, 1.807) is 26.8 Å². The molecule has 4 rings (SSSR count). The second-order valence-corrected chi connectivity index (χ2v) is 9.99. The van der Waals surface area contributed by atoms with Crippen LogP contribution in [0.4, 0.5) is 22.4 Å². The number of amides is 2. The van der Waals surface area contributed by atoms with Crippen molar-refractivity contribution in [3.8, 4) is 16.9 Å². The molecule has 2 amide bonds. The Bertz CT molecular complexity index is 1190. The van der Waals surface area contributed by atoms with Crippen molar-refractivity contribution in [2.45, 2.75) is 44.8 Å². The third kappa shape index (κ3) is 5.32. The van der Waals surface area contributed by atoms with Crippen LogP contribution in [0.3, 0.4) is 0 Å². The van der Waals surface area contributed by atoms with E-state index in [0.29, 0.717) is 17.7 Å². The molecule has 11 heteroatoms. The number of carbonyl (C=O) groups is 2. The van der Waals surface area contributed by atoms with Gasteiger partial charge in [-0.1, -0.05) is 17.7 Å². The van der Waals surface area contributed by atoms with Crippen LogP contribution < -0.4 is 10.1 Å². The van der Waals surface area contributed by atoms with Crippen molar-refractivity contribution < 1.29 is 36.6 Å². The van der Waals surface area contributed by atoms with Crippen molar-refractivity contribution in [1.82, 2.24) is 10.2 Å². The highest BCUT2D eigenvalue weighted by Crippen LogP contribution is 2.40. The normalized spacial score (nSPS) is 18.4. The van der Waals surface area contributed by atoms with Crippen LogP contribution in [0.25, 0.3) is 11.1 Å². The zero-order valence-corrected chi connectivity index (χ0v) is 19.9. The van der Waals surface area contributed by atoms with Gasteiger partial charge in [0.2, 0.25) is 0 Å². The van der Waals surface area contributed by atoms with Crippen LogP contribution in [-0.2, 0) is 11.2 Å². The first-order chi connectivity index (χ1) is 16.2. The summed E-state index contributed by atoms with van der Waals surface area (Å²) in [6.45, 7) is 3.69. The minimum absolute atomic E-state index is 0.143. The fourth-order valence-electron chi connectivity index (χ4n) is 3.93. The van der Waals surface area contributed by atoms with Gasteiger partial charge in [-0.05, 0) is 44.5 Å². The van der Waals surface area contributed by atoms with E-state index in [1.165, 1.54) is 12.1 Å². The summed E-state index contributed by atoms with van der Waals surface area (Å²) in [6, 6.07) is 5.26. The fourth-order valence-corrected chi connectivity index (χ4v) is 4.22. The van der Waals surface area contributed by atoms with E-state index in [0.717, 1.165) is 11.0 Å². The van der Waals surface area contributed by atoms with Crippen LogP contribution in [-0.4, -0.2) is 54.2 Å². The van der Waals surface area contributed by atoms with Crippen LogP contribution >= 0.6 is 11.6 Å². The number of nitrogens with one attached hydrogen (secondary N) is 1. The van der Waals surface area contributed by atoms with Gasteiger partial charge in [-0.25, -0.2) is 22.4 Å². The summed E-state index contributed by atoms with van der Waals surface area (Å²) < 4.78 is 66.7. The van der Waals surface area contributed by atoms with Gasteiger partial charge in [-0.2, -0.15) is 0 Å². The summed E-state index contributed by atoms with van der Waals surface area (Å²) in [7, 11) is 0. The maximum atomic E-state index is 14.9. The first-order valence-corrected chi connectivity index (χ1v) is 11.2. The highest BCUT2D eigenvalue weighted by molar-refractivity contribution is 6.32. The first kappa shape index (κ1) is 25.1. The maximum Gasteiger partial charge on any atom is 0.407 e. The Morgan fingerprint density at radius 3 is 2.51 bits per heavy atom. The van der Waals surface area contributed by atoms with Crippen molar-refractivity contribution in [3.63, 3.8) is 0 Å². The molecule has 2 aromatic carbocycles. The number of halogens is 5. The first-order valence-electron chi connectivity index (χ1n) is 10.9. The van der Waals surface area contributed by atoms with Crippen LogP contribution in [0, 0.1) is 11.6 Å². The zero-order chi connectivity index (χ0) is 25.7. The molecule has 35 heavy (non-hydrogen) atoms. The van der Waals surface area contributed by atoms with E-state index in [2.05, 4.69) is 5.32 Å². The number of alkyl halides is 2. The average molecular weight is 515 g/mol. The Morgan fingerprint density at radius 1 is 1.20 bits per heavy atom. The lowest BCUT2D eigenvalue weighted by Crippen LogP contribution is -2.58. The third-order valence-electron chi connectivity index (χ3n) is 5.48. The Hall–Kier alpha value is -3.01.